The lowest BCUT2D eigenvalue weighted by molar-refractivity contribution is 0.102. The summed E-state index contributed by atoms with van der Waals surface area (Å²) in [7, 11) is 0. The second-order valence-electron chi connectivity index (χ2n) is 5.67. The molecule has 1 amide bonds. The summed E-state index contributed by atoms with van der Waals surface area (Å²) in [6.45, 7) is 0.600. The Morgan fingerprint density at radius 1 is 1.00 bits per heavy atom. The zero-order valence-corrected chi connectivity index (χ0v) is 14.8. The highest BCUT2D eigenvalue weighted by Gasteiger charge is 2.11. The fraction of sp³-hybridized carbons (Fsp3) is 0.105. The first-order valence-corrected chi connectivity index (χ1v) is 8.46. The quantitative estimate of drug-likeness (QED) is 0.660. The van der Waals surface area contributed by atoms with Gasteiger partial charge in [-0.05, 0) is 36.2 Å². The maximum Gasteiger partial charge on any atom is 0.274 e. The van der Waals surface area contributed by atoms with Crippen LogP contribution in [0.1, 0.15) is 16.1 Å². The van der Waals surface area contributed by atoms with Gasteiger partial charge in [0, 0.05) is 29.4 Å². The molecule has 2 N–H and O–H groups in total. The second-order valence-corrected chi connectivity index (χ2v) is 6.11. The van der Waals surface area contributed by atoms with Gasteiger partial charge in [0.2, 0.25) is 0 Å². The molecule has 0 saturated carbocycles. The van der Waals surface area contributed by atoms with E-state index < -0.39 is 17.5 Å². The molecule has 27 heavy (non-hydrogen) atoms. The van der Waals surface area contributed by atoms with Gasteiger partial charge in [-0.3, -0.25) is 4.79 Å². The van der Waals surface area contributed by atoms with Crippen LogP contribution in [0.25, 0.3) is 0 Å². The van der Waals surface area contributed by atoms with Gasteiger partial charge in [-0.1, -0.05) is 23.7 Å². The number of anilines is 2. The van der Waals surface area contributed by atoms with Crippen LogP contribution in [0.2, 0.25) is 5.02 Å². The van der Waals surface area contributed by atoms with E-state index >= 15 is 0 Å². The van der Waals surface area contributed by atoms with E-state index in [-0.39, 0.29) is 11.4 Å². The maximum atomic E-state index is 13.2. The van der Waals surface area contributed by atoms with Crippen LogP contribution in [-0.4, -0.2) is 22.4 Å². The number of nitrogens with one attached hydrogen (secondary N) is 2. The van der Waals surface area contributed by atoms with E-state index in [0.29, 0.717) is 17.4 Å². The summed E-state index contributed by atoms with van der Waals surface area (Å²) in [5.74, 6) is -2.10. The third-order valence-corrected chi connectivity index (χ3v) is 3.96. The van der Waals surface area contributed by atoms with Crippen LogP contribution in [0.15, 0.2) is 54.9 Å². The van der Waals surface area contributed by atoms with Crippen molar-refractivity contribution in [3.63, 3.8) is 0 Å². The Morgan fingerprint density at radius 2 is 1.78 bits per heavy atom. The predicted octanol–water partition coefficient (Wildman–Crippen LogP) is 4.32. The standard InChI is InChI=1S/C19H15ClF2N4O/c20-13-3-1-12(2-4-13)7-8-23-18-10-17(24-11-25-18)19(27)26-14-5-6-15(21)16(22)9-14/h1-6,9-11H,7-8H2,(H,26,27)(H,23,24,25). The summed E-state index contributed by atoms with van der Waals surface area (Å²) in [5.41, 5.74) is 1.34. The van der Waals surface area contributed by atoms with Crippen molar-refractivity contribution in [2.75, 3.05) is 17.2 Å². The largest absolute Gasteiger partial charge is 0.370 e. The summed E-state index contributed by atoms with van der Waals surface area (Å²) >= 11 is 5.85. The lowest BCUT2D eigenvalue weighted by Gasteiger charge is -2.08. The SMILES string of the molecule is O=C(Nc1ccc(F)c(F)c1)c1cc(NCCc2ccc(Cl)cc2)ncn1. The van der Waals surface area contributed by atoms with Gasteiger partial charge in [0.15, 0.2) is 11.6 Å². The van der Waals surface area contributed by atoms with Crippen molar-refractivity contribution in [2.24, 2.45) is 0 Å². The number of hydrogen-bond donors (Lipinski definition) is 2. The molecule has 8 heteroatoms. The smallest absolute Gasteiger partial charge is 0.274 e. The molecule has 0 saturated heterocycles. The molecule has 1 heterocycles. The van der Waals surface area contributed by atoms with Crippen molar-refractivity contribution in [1.82, 2.24) is 9.97 Å². The molecule has 1 aromatic heterocycles. The van der Waals surface area contributed by atoms with Gasteiger partial charge < -0.3 is 10.6 Å². The summed E-state index contributed by atoms with van der Waals surface area (Å²) < 4.78 is 26.2. The summed E-state index contributed by atoms with van der Waals surface area (Å²) in [4.78, 5) is 20.2. The lowest BCUT2D eigenvalue weighted by Crippen LogP contribution is -2.15. The maximum absolute atomic E-state index is 13.2. The number of amides is 1. The van der Waals surface area contributed by atoms with Gasteiger partial charge in [0.05, 0.1) is 0 Å². The molecular formula is C19H15ClF2N4O. The highest BCUT2D eigenvalue weighted by atomic mass is 35.5. The van der Waals surface area contributed by atoms with Gasteiger partial charge in [-0.25, -0.2) is 18.7 Å². The first kappa shape index (κ1) is 18.7. The third kappa shape index (κ3) is 5.21. The number of rotatable bonds is 6. The molecule has 138 valence electrons. The van der Waals surface area contributed by atoms with Gasteiger partial charge in [-0.15, -0.1) is 0 Å². The molecule has 0 aliphatic heterocycles. The highest BCUT2D eigenvalue weighted by molar-refractivity contribution is 6.30. The van der Waals surface area contributed by atoms with E-state index in [2.05, 4.69) is 20.6 Å². The van der Waals surface area contributed by atoms with Gasteiger partial charge in [-0.2, -0.15) is 0 Å². The van der Waals surface area contributed by atoms with Crippen LogP contribution in [0, 0.1) is 11.6 Å². The van der Waals surface area contributed by atoms with Crippen molar-refractivity contribution in [3.8, 4) is 0 Å². The highest BCUT2D eigenvalue weighted by Crippen LogP contribution is 2.15. The van der Waals surface area contributed by atoms with Gasteiger partial charge >= 0.3 is 0 Å². The topological polar surface area (TPSA) is 66.9 Å². The monoisotopic (exact) mass is 388 g/mol. The van der Waals surface area contributed by atoms with Crippen molar-refractivity contribution < 1.29 is 13.6 Å². The van der Waals surface area contributed by atoms with Crippen LogP contribution < -0.4 is 10.6 Å². The van der Waals surface area contributed by atoms with Crippen LogP contribution in [0.5, 0.6) is 0 Å². The Balaban J connectivity index is 1.59. The molecule has 3 rings (SSSR count). The Hall–Kier alpha value is -3.06. The minimum absolute atomic E-state index is 0.101. The average molecular weight is 389 g/mol. The Labute approximate surface area is 159 Å². The van der Waals surface area contributed by atoms with Crippen LogP contribution >= 0.6 is 11.6 Å². The molecule has 0 spiro atoms. The Kier molecular flexibility index (Phi) is 5.93. The summed E-state index contributed by atoms with van der Waals surface area (Å²) in [6, 6.07) is 12.1. The molecule has 0 bridgehead atoms. The average Bonchev–Trinajstić information content (AvgIpc) is 2.66. The van der Waals surface area contributed by atoms with Gasteiger partial charge in [0.25, 0.3) is 5.91 Å². The molecule has 2 aromatic carbocycles. The van der Waals surface area contributed by atoms with Gasteiger partial charge in [0.1, 0.15) is 17.8 Å². The second kappa shape index (κ2) is 8.55. The molecule has 0 aliphatic carbocycles. The normalized spacial score (nSPS) is 10.5. The van der Waals surface area contributed by atoms with Crippen molar-refractivity contribution in [2.45, 2.75) is 6.42 Å². The number of nitrogens with zero attached hydrogens (tertiary/aromatic N) is 2. The first-order valence-electron chi connectivity index (χ1n) is 8.08. The predicted molar refractivity (Wildman–Crippen MR) is 100.0 cm³/mol. The molecule has 5 nitrogen and oxygen atoms in total. The minimum Gasteiger partial charge on any atom is -0.370 e. The van der Waals surface area contributed by atoms with Crippen molar-refractivity contribution in [3.05, 3.63) is 82.8 Å². The van der Waals surface area contributed by atoms with E-state index in [9.17, 15) is 13.6 Å². The molecule has 0 radical (unpaired) electrons. The van der Waals surface area contributed by atoms with Crippen molar-refractivity contribution in [1.29, 1.82) is 0 Å². The van der Waals surface area contributed by atoms with E-state index in [0.717, 1.165) is 24.1 Å². The zero-order chi connectivity index (χ0) is 19.2. The fourth-order valence-electron chi connectivity index (χ4n) is 2.33. The molecular weight excluding hydrogens is 374 g/mol. The van der Waals surface area contributed by atoms with Crippen LogP contribution in [0.3, 0.4) is 0 Å². The lowest BCUT2D eigenvalue weighted by atomic mass is 10.1. The zero-order valence-electron chi connectivity index (χ0n) is 14.0. The first-order chi connectivity index (χ1) is 13.0. The Morgan fingerprint density at radius 3 is 2.52 bits per heavy atom. The molecule has 0 atom stereocenters. The molecule has 0 aliphatic rings. The molecule has 0 unspecified atom stereocenters. The fourth-order valence-corrected chi connectivity index (χ4v) is 2.46. The number of halogens is 3. The van der Waals surface area contributed by atoms with Crippen LogP contribution in [-0.2, 0) is 6.42 Å². The molecule has 0 fully saturated rings. The van der Waals surface area contributed by atoms with E-state index in [1.807, 2.05) is 24.3 Å². The Bertz CT molecular complexity index is 951. The third-order valence-electron chi connectivity index (χ3n) is 3.71. The summed E-state index contributed by atoms with van der Waals surface area (Å²) in [5, 5.41) is 6.25. The van der Waals surface area contributed by atoms with Crippen molar-refractivity contribution >= 4 is 29.0 Å². The number of aromatic nitrogens is 2. The summed E-state index contributed by atoms with van der Waals surface area (Å²) in [6.07, 6.45) is 2.00. The van der Waals surface area contributed by atoms with Crippen LogP contribution in [0.4, 0.5) is 20.3 Å². The van der Waals surface area contributed by atoms with E-state index in [1.165, 1.54) is 18.5 Å². The number of carbonyl (C=O) groups is 1. The number of hydrogen-bond acceptors (Lipinski definition) is 4. The minimum atomic E-state index is -1.04. The number of benzene rings is 2. The van der Waals surface area contributed by atoms with E-state index in [1.54, 1.807) is 0 Å². The molecule has 3 aromatic rings. The van der Waals surface area contributed by atoms with E-state index in [4.69, 9.17) is 11.6 Å². The number of carbonyl (C=O) groups excluding carboxylic acids is 1.